The third kappa shape index (κ3) is 5.26. The number of nitrogens with zero attached hydrogens (tertiary/aromatic N) is 1. The quantitative estimate of drug-likeness (QED) is 0.837. The summed E-state index contributed by atoms with van der Waals surface area (Å²) in [6.45, 7) is 7.65. The number of carbonyl (C=O) groups is 2. The number of amides is 1. The van der Waals surface area contributed by atoms with E-state index in [0.717, 1.165) is 0 Å². The zero-order chi connectivity index (χ0) is 15.3. The van der Waals surface area contributed by atoms with E-state index in [1.54, 1.807) is 12.4 Å². The maximum absolute atomic E-state index is 12.0. The number of hydrogen-bond donors (Lipinski definition) is 2. The summed E-state index contributed by atoms with van der Waals surface area (Å²) in [5.74, 6) is -1.48. The average molecular weight is 300 g/mol. The van der Waals surface area contributed by atoms with Gasteiger partial charge in [-0.1, -0.05) is 0 Å². The molecule has 0 fully saturated rings. The number of carboxylic acid groups (broad SMARTS) is 1. The Balaban J connectivity index is 2.58. The van der Waals surface area contributed by atoms with Gasteiger partial charge in [0.25, 0.3) is 5.91 Å². The van der Waals surface area contributed by atoms with Gasteiger partial charge in [0.1, 0.15) is 10.9 Å². The molecule has 0 aliphatic carbocycles. The molecule has 112 valence electrons. The smallest absolute Gasteiger partial charge is 0.326 e. The normalized spacial score (nSPS) is 13.0. The first-order chi connectivity index (χ1) is 9.20. The number of aryl methyl sites for hydroxylation is 1. The number of nitrogens with one attached hydrogen (secondary N) is 1. The number of ether oxygens (including phenoxy) is 1. The van der Waals surface area contributed by atoms with Crippen molar-refractivity contribution in [3.8, 4) is 0 Å². The SMILES string of the molecule is Cc1ncsc1C(=O)NC(CCOC(C)(C)C)C(=O)O. The minimum Gasteiger partial charge on any atom is -0.480 e. The van der Waals surface area contributed by atoms with E-state index in [4.69, 9.17) is 9.84 Å². The van der Waals surface area contributed by atoms with Crippen LogP contribution in [0.5, 0.6) is 0 Å². The van der Waals surface area contributed by atoms with Crippen LogP contribution in [-0.4, -0.2) is 40.2 Å². The molecule has 0 saturated carbocycles. The molecule has 1 heterocycles. The number of rotatable bonds is 6. The lowest BCUT2D eigenvalue weighted by Gasteiger charge is -2.21. The zero-order valence-electron chi connectivity index (χ0n) is 12.1. The van der Waals surface area contributed by atoms with E-state index in [1.807, 2.05) is 20.8 Å². The van der Waals surface area contributed by atoms with Gasteiger partial charge >= 0.3 is 5.97 Å². The largest absolute Gasteiger partial charge is 0.480 e. The molecule has 1 unspecified atom stereocenters. The van der Waals surface area contributed by atoms with Crippen molar-refractivity contribution in [2.24, 2.45) is 0 Å². The Morgan fingerprint density at radius 3 is 2.60 bits per heavy atom. The molecule has 1 aromatic heterocycles. The molecule has 0 aliphatic heterocycles. The molecule has 20 heavy (non-hydrogen) atoms. The Morgan fingerprint density at radius 1 is 1.50 bits per heavy atom. The van der Waals surface area contributed by atoms with Crippen molar-refractivity contribution in [2.75, 3.05) is 6.61 Å². The predicted molar refractivity (Wildman–Crippen MR) is 76.1 cm³/mol. The lowest BCUT2D eigenvalue weighted by Crippen LogP contribution is -2.42. The van der Waals surface area contributed by atoms with Crippen molar-refractivity contribution in [3.63, 3.8) is 0 Å². The van der Waals surface area contributed by atoms with Crippen molar-refractivity contribution in [1.29, 1.82) is 0 Å². The van der Waals surface area contributed by atoms with Crippen LogP contribution in [0.15, 0.2) is 5.51 Å². The number of thiazole rings is 1. The van der Waals surface area contributed by atoms with E-state index in [-0.39, 0.29) is 18.6 Å². The van der Waals surface area contributed by atoms with Gasteiger partial charge in [0.2, 0.25) is 0 Å². The fourth-order valence-corrected chi connectivity index (χ4v) is 2.19. The van der Waals surface area contributed by atoms with E-state index in [1.165, 1.54) is 11.3 Å². The molecule has 0 aromatic carbocycles. The van der Waals surface area contributed by atoms with Crippen molar-refractivity contribution in [1.82, 2.24) is 10.3 Å². The van der Waals surface area contributed by atoms with Crippen LogP contribution in [-0.2, 0) is 9.53 Å². The van der Waals surface area contributed by atoms with Crippen LogP contribution in [0.3, 0.4) is 0 Å². The first kappa shape index (κ1) is 16.6. The Kier molecular flexibility index (Phi) is 5.64. The maximum Gasteiger partial charge on any atom is 0.326 e. The van der Waals surface area contributed by atoms with E-state index in [0.29, 0.717) is 10.6 Å². The van der Waals surface area contributed by atoms with Crippen molar-refractivity contribution < 1.29 is 19.4 Å². The van der Waals surface area contributed by atoms with E-state index < -0.39 is 17.9 Å². The predicted octanol–water partition coefficient (Wildman–Crippen LogP) is 1.84. The van der Waals surface area contributed by atoms with E-state index in [9.17, 15) is 9.59 Å². The summed E-state index contributed by atoms with van der Waals surface area (Å²) in [6, 6.07) is -0.966. The van der Waals surface area contributed by atoms with Crippen LogP contribution in [0.1, 0.15) is 42.6 Å². The van der Waals surface area contributed by atoms with E-state index >= 15 is 0 Å². The first-order valence-electron chi connectivity index (χ1n) is 6.28. The minimum atomic E-state index is -1.07. The van der Waals surface area contributed by atoms with Gasteiger partial charge in [-0.15, -0.1) is 11.3 Å². The number of carbonyl (C=O) groups excluding carboxylic acids is 1. The third-order valence-electron chi connectivity index (χ3n) is 2.50. The second kappa shape index (κ2) is 6.81. The zero-order valence-corrected chi connectivity index (χ0v) is 12.9. The number of aliphatic carboxylic acids is 1. The molecule has 1 rings (SSSR count). The van der Waals surface area contributed by atoms with Gasteiger partial charge in [0.15, 0.2) is 0 Å². The van der Waals surface area contributed by atoms with Crippen LogP contribution in [0.2, 0.25) is 0 Å². The topological polar surface area (TPSA) is 88.5 Å². The number of aromatic nitrogens is 1. The lowest BCUT2D eigenvalue weighted by molar-refractivity contribution is -0.140. The number of carboxylic acids is 1. The highest BCUT2D eigenvalue weighted by atomic mass is 32.1. The van der Waals surface area contributed by atoms with Crippen LogP contribution < -0.4 is 5.32 Å². The fourth-order valence-electron chi connectivity index (χ4n) is 1.48. The van der Waals surface area contributed by atoms with E-state index in [2.05, 4.69) is 10.3 Å². The summed E-state index contributed by atoms with van der Waals surface area (Å²) in [6.07, 6.45) is 0.218. The highest BCUT2D eigenvalue weighted by Gasteiger charge is 2.23. The number of hydrogen-bond acceptors (Lipinski definition) is 5. The van der Waals surface area contributed by atoms with Crippen LogP contribution in [0, 0.1) is 6.92 Å². The second-order valence-electron chi connectivity index (χ2n) is 5.38. The fraction of sp³-hybridized carbons (Fsp3) is 0.615. The second-order valence-corrected chi connectivity index (χ2v) is 6.24. The average Bonchev–Trinajstić information content (AvgIpc) is 2.72. The molecule has 6 nitrogen and oxygen atoms in total. The van der Waals surface area contributed by atoms with Crippen molar-refractivity contribution in [3.05, 3.63) is 16.1 Å². The highest BCUT2D eigenvalue weighted by Crippen LogP contribution is 2.13. The van der Waals surface area contributed by atoms with Crippen LogP contribution in [0.4, 0.5) is 0 Å². The highest BCUT2D eigenvalue weighted by molar-refractivity contribution is 7.11. The summed E-state index contributed by atoms with van der Waals surface area (Å²) in [7, 11) is 0. The molecule has 0 spiro atoms. The van der Waals surface area contributed by atoms with Gasteiger partial charge in [-0.3, -0.25) is 4.79 Å². The first-order valence-corrected chi connectivity index (χ1v) is 7.16. The van der Waals surface area contributed by atoms with Gasteiger partial charge in [0.05, 0.1) is 16.8 Å². The standard InChI is InChI=1S/C13H20N2O4S/c1-8-10(20-7-14-8)11(16)15-9(12(17)18)5-6-19-13(2,3)4/h7,9H,5-6H2,1-4H3,(H,15,16)(H,17,18). The monoisotopic (exact) mass is 300 g/mol. The Morgan fingerprint density at radius 2 is 2.15 bits per heavy atom. The van der Waals surface area contributed by atoms with Crippen molar-refractivity contribution >= 4 is 23.2 Å². The van der Waals surface area contributed by atoms with Gasteiger partial charge in [0, 0.05) is 13.0 Å². The Labute approximate surface area is 122 Å². The van der Waals surface area contributed by atoms with Crippen LogP contribution >= 0.6 is 11.3 Å². The summed E-state index contributed by atoms with van der Waals surface area (Å²) in [4.78, 5) is 27.5. The molecule has 2 N–H and O–H groups in total. The summed E-state index contributed by atoms with van der Waals surface area (Å²) in [5, 5.41) is 11.6. The van der Waals surface area contributed by atoms with Gasteiger partial charge in [-0.2, -0.15) is 0 Å². The molecule has 0 radical (unpaired) electrons. The molecular weight excluding hydrogens is 280 g/mol. The molecule has 1 aromatic rings. The molecule has 7 heteroatoms. The van der Waals surface area contributed by atoms with Gasteiger partial charge in [-0.05, 0) is 27.7 Å². The van der Waals surface area contributed by atoms with Gasteiger partial charge in [-0.25, -0.2) is 9.78 Å². The molecule has 0 saturated heterocycles. The summed E-state index contributed by atoms with van der Waals surface area (Å²) < 4.78 is 5.48. The van der Waals surface area contributed by atoms with Gasteiger partial charge < -0.3 is 15.2 Å². The third-order valence-corrected chi connectivity index (χ3v) is 3.42. The summed E-state index contributed by atoms with van der Waals surface area (Å²) in [5.41, 5.74) is 1.83. The van der Waals surface area contributed by atoms with Crippen molar-refractivity contribution in [2.45, 2.75) is 45.8 Å². The Hall–Kier alpha value is -1.47. The Bertz CT molecular complexity index is 479. The maximum atomic E-state index is 12.0. The molecular formula is C13H20N2O4S. The van der Waals surface area contributed by atoms with Crippen LogP contribution in [0.25, 0.3) is 0 Å². The molecule has 1 amide bonds. The summed E-state index contributed by atoms with van der Waals surface area (Å²) >= 11 is 1.19. The molecule has 0 aliphatic rings. The molecule has 0 bridgehead atoms. The molecule has 1 atom stereocenters. The minimum absolute atomic E-state index is 0.218. The lowest BCUT2D eigenvalue weighted by atomic mass is 10.1.